The average molecular weight is 185 g/mol. The molecule has 2 aromatic rings. The molecule has 0 radical (unpaired) electrons. The Kier molecular flexibility index (Phi) is 2.49. The third-order valence-corrected chi connectivity index (χ3v) is 2.34. The number of fused-ring (bicyclic) bond motifs is 1. The van der Waals surface area contributed by atoms with Crippen LogP contribution in [0.5, 0.6) is 0 Å². The van der Waals surface area contributed by atoms with E-state index in [9.17, 15) is 0 Å². The van der Waals surface area contributed by atoms with Gasteiger partial charge in [-0.3, -0.25) is 4.98 Å². The summed E-state index contributed by atoms with van der Waals surface area (Å²) < 4.78 is 0. The van der Waals surface area contributed by atoms with Crippen LogP contribution in [0.4, 0.5) is 0 Å². The van der Waals surface area contributed by atoms with Gasteiger partial charge in [0, 0.05) is 11.6 Å². The Morgan fingerprint density at radius 2 is 1.93 bits per heavy atom. The van der Waals surface area contributed by atoms with Crippen molar-refractivity contribution >= 4 is 10.9 Å². The third kappa shape index (κ3) is 1.77. The molecule has 0 amide bonds. The van der Waals surface area contributed by atoms with Crippen molar-refractivity contribution in [1.29, 1.82) is 0 Å². The van der Waals surface area contributed by atoms with Crippen LogP contribution < -0.4 is 0 Å². The second kappa shape index (κ2) is 3.79. The second-order valence-corrected chi connectivity index (χ2v) is 4.09. The Morgan fingerprint density at radius 1 is 1.14 bits per heavy atom. The lowest BCUT2D eigenvalue weighted by Gasteiger charge is -2.07. The summed E-state index contributed by atoms with van der Waals surface area (Å²) in [6, 6.07) is 10.5. The summed E-state index contributed by atoms with van der Waals surface area (Å²) in [5.74, 6) is 0.683. The molecule has 0 aliphatic rings. The van der Waals surface area contributed by atoms with Crippen LogP contribution in [0.15, 0.2) is 36.5 Å². The molecule has 0 saturated heterocycles. The van der Waals surface area contributed by atoms with E-state index in [0.29, 0.717) is 5.92 Å². The standard InChI is InChI=1S/C13H15N/c1-10(2)9-12-6-3-5-11-7-4-8-14-13(11)12/h3-8,10H,9H2,1-2H3. The summed E-state index contributed by atoms with van der Waals surface area (Å²) in [5, 5.41) is 1.24. The number of hydrogen-bond donors (Lipinski definition) is 0. The molecule has 0 bridgehead atoms. The minimum absolute atomic E-state index is 0.683. The number of hydrogen-bond acceptors (Lipinski definition) is 1. The van der Waals surface area contributed by atoms with Crippen LogP contribution in [-0.2, 0) is 6.42 Å². The maximum Gasteiger partial charge on any atom is 0.0733 e. The molecule has 0 aliphatic carbocycles. The molecule has 2 rings (SSSR count). The van der Waals surface area contributed by atoms with Gasteiger partial charge in [-0.15, -0.1) is 0 Å². The third-order valence-electron chi connectivity index (χ3n) is 2.34. The van der Waals surface area contributed by atoms with Crippen LogP contribution in [-0.4, -0.2) is 4.98 Å². The lowest BCUT2D eigenvalue weighted by molar-refractivity contribution is 0.649. The highest BCUT2D eigenvalue weighted by atomic mass is 14.6. The van der Waals surface area contributed by atoms with Crippen molar-refractivity contribution in [2.24, 2.45) is 5.92 Å². The predicted octanol–water partition coefficient (Wildman–Crippen LogP) is 3.43. The molecule has 0 unspecified atom stereocenters. The zero-order valence-electron chi connectivity index (χ0n) is 8.70. The van der Waals surface area contributed by atoms with Gasteiger partial charge in [0.1, 0.15) is 0 Å². The summed E-state index contributed by atoms with van der Waals surface area (Å²) >= 11 is 0. The topological polar surface area (TPSA) is 12.9 Å². The molecule has 14 heavy (non-hydrogen) atoms. The van der Waals surface area contributed by atoms with Gasteiger partial charge in [-0.25, -0.2) is 0 Å². The first kappa shape index (κ1) is 9.20. The van der Waals surface area contributed by atoms with E-state index < -0.39 is 0 Å². The van der Waals surface area contributed by atoms with E-state index in [4.69, 9.17) is 0 Å². The molecule has 1 aromatic heterocycles. The molecule has 1 aromatic carbocycles. The molecule has 0 fully saturated rings. The van der Waals surface area contributed by atoms with E-state index in [1.165, 1.54) is 10.9 Å². The summed E-state index contributed by atoms with van der Waals surface area (Å²) in [6.07, 6.45) is 2.97. The largest absolute Gasteiger partial charge is 0.256 e. The maximum atomic E-state index is 4.43. The lowest BCUT2D eigenvalue weighted by atomic mass is 10.0. The average Bonchev–Trinajstić information content (AvgIpc) is 2.18. The Hall–Kier alpha value is -1.37. The molecule has 0 spiro atoms. The van der Waals surface area contributed by atoms with Crippen LogP contribution in [0.25, 0.3) is 10.9 Å². The normalized spacial score (nSPS) is 11.1. The van der Waals surface area contributed by atoms with Crippen LogP contribution in [0.2, 0.25) is 0 Å². The van der Waals surface area contributed by atoms with Gasteiger partial charge >= 0.3 is 0 Å². The number of rotatable bonds is 2. The first-order chi connectivity index (χ1) is 6.77. The maximum absolute atomic E-state index is 4.43. The minimum atomic E-state index is 0.683. The summed E-state index contributed by atoms with van der Waals surface area (Å²) in [7, 11) is 0. The molecular formula is C13H15N. The highest BCUT2D eigenvalue weighted by Gasteiger charge is 2.03. The second-order valence-electron chi connectivity index (χ2n) is 4.09. The van der Waals surface area contributed by atoms with Gasteiger partial charge in [0.15, 0.2) is 0 Å². The van der Waals surface area contributed by atoms with Crippen LogP contribution in [0.1, 0.15) is 19.4 Å². The fraction of sp³-hybridized carbons (Fsp3) is 0.308. The fourth-order valence-corrected chi connectivity index (χ4v) is 1.77. The molecule has 0 atom stereocenters. The molecule has 0 aliphatic heterocycles. The van der Waals surface area contributed by atoms with Gasteiger partial charge in [-0.2, -0.15) is 0 Å². The molecule has 0 saturated carbocycles. The van der Waals surface area contributed by atoms with E-state index in [1.807, 2.05) is 12.3 Å². The molecule has 1 heteroatoms. The number of aromatic nitrogens is 1. The number of benzene rings is 1. The van der Waals surface area contributed by atoms with Gasteiger partial charge < -0.3 is 0 Å². The van der Waals surface area contributed by atoms with Gasteiger partial charge in [0.05, 0.1) is 5.52 Å². The van der Waals surface area contributed by atoms with Crippen molar-refractivity contribution in [3.05, 3.63) is 42.1 Å². The zero-order chi connectivity index (χ0) is 9.97. The lowest BCUT2D eigenvalue weighted by Crippen LogP contribution is -1.95. The van der Waals surface area contributed by atoms with Crippen LogP contribution in [0.3, 0.4) is 0 Å². The Morgan fingerprint density at radius 3 is 2.71 bits per heavy atom. The molecular weight excluding hydrogens is 170 g/mol. The SMILES string of the molecule is CC(C)Cc1cccc2cccnc12. The van der Waals surface area contributed by atoms with Crippen molar-refractivity contribution in [3.63, 3.8) is 0 Å². The van der Waals surface area contributed by atoms with E-state index in [0.717, 1.165) is 11.9 Å². The van der Waals surface area contributed by atoms with Crippen LogP contribution >= 0.6 is 0 Å². The monoisotopic (exact) mass is 185 g/mol. The van der Waals surface area contributed by atoms with Crippen molar-refractivity contribution in [2.75, 3.05) is 0 Å². The van der Waals surface area contributed by atoms with E-state index in [-0.39, 0.29) is 0 Å². The molecule has 1 heterocycles. The summed E-state index contributed by atoms with van der Waals surface area (Å²) in [6.45, 7) is 4.48. The van der Waals surface area contributed by atoms with Gasteiger partial charge in [0.25, 0.3) is 0 Å². The van der Waals surface area contributed by atoms with Crippen LogP contribution in [0, 0.1) is 5.92 Å². The van der Waals surface area contributed by atoms with Gasteiger partial charge in [-0.1, -0.05) is 38.1 Å². The van der Waals surface area contributed by atoms with Crippen molar-refractivity contribution in [2.45, 2.75) is 20.3 Å². The smallest absolute Gasteiger partial charge is 0.0733 e. The number of nitrogens with zero attached hydrogens (tertiary/aromatic N) is 1. The van der Waals surface area contributed by atoms with E-state index in [2.05, 4.69) is 43.1 Å². The van der Waals surface area contributed by atoms with Crippen molar-refractivity contribution in [1.82, 2.24) is 4.98 Å². The van der Waals surface area contributed by atoms with Gasteiger partial charge in [0.2, 0.25) is 0 Å². The fourth-order valence-electron chi connectivity index (χ4n) is 1.77. The zero-order valence-corrected chi connectivity index (χ0v) is 8.70. The highest BCUT2D eigenvalue weighted by Crippen LogP contribution is 2.18. The highest BCUT2D eigenvalue weighted by molar-refractivity contribution is 5.81. The number of pyridine rings is 1. The van der Waals surface area contributed by atoms with Gasteiger partial charge in [-0.05, 0) is 24.0 Å². The molecule has 0 N–H and O–H groups in total. The Bertz CT molecular complexity index is 427. The predicted molar refractivity (Wildman–Crippen MR) is 60.3 cm³/mol. The quantitative estimate of drug-likeness (QED) is 0.698. The number of para-hydroxylation sites is 1. The first-order valence-electron chi connectivity index (χ1n) is 5.10. The Labute approximate surface area is 84.8 Å². The summed E-state index contributed by atoms with van der Waals surface area (Å²) in [4.78, 5) is 4.43. The van der Waals surface area contributed by atoms with Crippen molar-refractivity contribution in [3.8, 4) is 0 Å². The minimum Gasteiger partial charge on any atom is -0.256 e. The van der Waals surface area contributed by atoms with E-state index >= 15 is 0 Å². The van der Waals surface area contributed by atoms with E-state index in [1.54, 1.807) is 0 Å². The molecule has 72 valence electrons. The molecule has 1 nitrogen and oxygen atoms in total. The Balaban J connectivity index is 2.53. The first-order valence-corrected chi connectivity index (χ1v) is 5.10. The summed E-state index contributed by atoms with van der Waals surface area (Å²) in [5.41, 5.74) is 2.52. The van der Waals surface area contributed by atoms with Crippen molar-refractivity contribution < 1.29 is 0 Å².